The molecular formula is C20H25NO2. The Kier molecular flexibility index (Phi) is 5.09. The maximum Gasteiger partial charge on any atom is 0.228 e. The van der Waals surface area contributed by atoms with Crippen LogP contribution in [-0.4, -0.2) is 11.5 Å². The molecule has 0 heterocycles. The van der Waals surface area contributed by atoms with E-state index in [0.29, 0.717) is 6.42 Å². The largest absolute Gasteiger partial charge is 0.488 e. The van der Waals surface area contributed by atoms with Gasteiger partial charge in [0, 0.05) is 5.69 Å². The molecule has 0 fully saturated rings. The molecule has 0 unspecified atom stereocenters. The molecule has 3 heteroatoms. The van der Waals surface area contributed by atoms with Gasteiger partial charge in [0.15, 0.2) is 0 Å². The summed E-state index contributed by atoms with van der Waals surface area (Å²) in [6.07, 6.45) is 0.351. The Bertz CT molecular complexity index is 662. The third-order valence-corrected chi connectivity index (χ3v) is 3.46. The summed E-state index contributed by atoms with van der Waals surface area (Å²) in [4.78, 5) is 12.3. The highest BCUT2D eigenvalue weighted by molar-refractivity contribution is 5.93. The van der Waals surface area contributed by atoms with Crippen molar-refractivity contribution in [1.29, 1.82) is 0 Å². The quantitative estimate of drug-likeness (QED) is 0.891. The van der Waals surface area contributed by atoms with Crippen molar-refractivity contribution in [3.63, 3.8) is 0 Å². The van der Waals surface area contributed by atoms with Crippen LogP contribution in [0.4, 0.5) is 5.69 Å². The van der Waals surface area contributed by atoms with Crippen LogP contribution in [0.3, 0.4) is 0 Å². The Hall–Kier alpha value is -2.29. The van der Waals surface area contributed by atoms with Gasteiger partial charge in [-0.3, -0.25) is 4.79 Å². The minimum Gasteiger partial charge on any atom is -0.488 e. The van der Waals surface area contributed by atoms with Gasteiger partial charge in [-0.1, -0.05) is 30.3 Å². The van der Waals surface area contributed by atoms with Gasteiger partial charge in [0.25, 0.3) is 0 Å². The number of benzene rings is 2. The van der Waals surface area contributed by atoms with Crippen LogP contribution in [-0.2, 0) is 11.2 Å². The molecule has 0 saturated heterocycles. The molecule has 0 spiro atoms. The SMILES string of the molecule is Cc1cccc(C)c1NC(=O)Cc1ccc(OC(C)(C)C)cc1. The van der Waals surface area contributed by atoms with E-state index in [-0.39, 0.29) is 11.5 Å². The van der Waals surface area contributed by atoms with E-state index in [1.807, 2.05) is 77.1 Å². The van der Waals surface area contributed by atoms with E-state index < -0.39 is 0 Å². The second kappa shape index (κ2) is 6.86. The van der Waals surface area contributed by atoms with Crippen molar-refractivity contribution in [3.05, 3.63) is 59.2 Å². The standard InChI is InChI=1S/C20H25NO2/c1-14-7-6-8-15(2)19(14)21-18(22)13-16-9-11-17(12-10-16)23-20(3,4)5/h6-12H,13H2,1-5H3,(H,21,22). The predicted octanol–water partition coefficient (Wildman–Crippen LogP) is 4.66. The number of carbonyl (C=O) groups excluding carboxylic acids is 1. The summed E-state index contributed by atoms with van der Waals surface area (Å²) in [7, 11) is 0. The number of ether oxygens (including phenoxy) is 1. The molecule has 0 aromatic heterocycles. The number of anilines is 1. The van der Waals surface area contributed by atoms with Gasteiger partial charge < -0.3 is 10.1 Å². The van der Waals surface area contributed by atoms with E-state index in [1.54, 1.807) is 0 Å². The molecule has 2 aromatic rings. The Morgan fingerprint density at radius 2 is 1.57 bits per heavy atom. The fourth-order valence-corrected chi connectivity index (χ4v) is 2.41. The first-order valence-corrected chi connectivity index (χ1v) is 7.88. The van der Waals surface area contributed by atoms with E-state index >= 15 is 0 Å². The summed E-state index contributed by atoms with van der Waals surface area (Å²) >= 11 is 0. The van der Waals surface area contributed by atoms with E-state index in [1.165, 1.54) is 0 Å². The molecule has 2 aromatic carbocycles. The topological polar surface area (TPSA) is 38.3 Å². The Morgan fingerprint density at radius 1 is 1.00 bits per heavy atom. The number of amides is 1. The first kappa shape index (κ1) is 17.1. The lowest BCUT2D eigenvalue weighted by molar-refractivity contribution is -0.115. The number of nitrogens with one attached hydrogen (secondary N) is 1. The zero-order valence-corrected chi connectivity index (χ0v) is 14.6. The van der Waals surface area contributed by atoms with Gasteiger partial charge in [-0.2, -0.15) is 0 Å². The molecule has 122 valence electrons. The van der Waals surface area contributed by atoms with E-state index in [2.05, 4.69) is 5.32 Å². The lowest BCUT2D eigenvalue weighted by Gasteiger charge is -2.21. The monoisotopic (exact) mass is 311 g/mol. The lowest BCUT2D eigenvalue weighted by Crippen LogP contribution is -2.22. The maximum absolute atomic E-state index is 12.3. The summed E-state index contributed by atoms with van der Waals surface area (Å²) in [6.45, 7) is 10.0. The lowest BCUT2D eigenvalue weighted by atomic mass is 10.1. The van der Waals surface area contributed by atoms with Crippen LogP contribution in [0.15, 0.2) is 42.5 Å². The van der Waals surface area contributed by atoms with Gasteiger partial charge in [0.2, 0.25) is 5.91 Å². The molecule has 0 saturated carbocycles. The van der Waals surface area contributed by atoms with E-state index in [4.69, 9.17) is 4.74 Å². The Labute approximate surface area is 138 Å². The third kappa shape index (κ3) is 5.13. The van der Waals surface area contributed by atoms with E-state index in [0.717, 1.165) is 28.1 Å². The summed E-state index contributed by atoms with van der Waals surface area (Å²) in [5.74, 6) is 0.809. The van der Waals surface area contributed by atoms with Gasteiger partial charge in [0.1, 0.15) is 11.4 Å². The Balaban J connectivity index is 2.00. The van der Waals surface area contributed by atoms with Crippen molar-refractivity contribution in [2.45, 2.75) is 46.6 Å². The Morgan fingerprint density at radius 3 is 2.09 bits per heavy atom. The van der Waals surface area contributed by atoms with Crippen LogP contribution in [0.5, 0.6) is 5.75 Å². The van der Waals surface area contributed by atoms with Crippen molar-refractivity contribution < 1.29 is 9.53 Å². The van der Waals surface area contributed by atoms with Gasteiger partial charge in [-0.15, -0.1) is 0 Å². The number of hydrogen-bond acceptors (Lipinski definition) is 2. The minimum absolute atomic E-state index is 0.00751. The second-order valence-electron chi connectivity index (χ2n) is 6.85. The van der Waals surface area contributed by atoms with Crippen LogP contribution in [0.1, 0.15) is 37.5 Å². The minimum atomic E-state index is -0.221. The van der Waals surface area contributed by atoms with Crippen molar-refractivity contribution in [3.8, 4) is 5.75 Å². The average Bonchev–Trinajstić information content (AvgIpc) is 2.44. The number of hydrogen-bond donors (Lipinski definition) is 1. The van der Waals surface area contributed by atoms with Crippen LogP contribution in [0.25, 0.3) is 0 Å². The van der Waals surface area contributed by atoms with Crippen LogP contribution in [0, 0.1) is 13.8 Å². The maximum atomic E-state index is 12.3. The molecule has 1 amide bonds. The highest BCUT2D eigenvalue weighted by Crippen LogP contribution is 2.21. The molecule has 0 bridgehead atoms. The van der Waals surface area contributed by atoms with Crippen molar-refractivity contribution in [2.75, 3.05) is 5.32 Å². The molecule has 0 atom stereocenters. The fraction of sp³-hybridized carbons (Fsp3) is 0.350. The summed E-state index contributed by atoms with van der Waals surface area (Å²) in [5.41, 5.74) is 3.81. The molecule has 1 N–H and O–H groups in total. The van der Waals surface area contributed by atoms with Crippen molar-refractivity contribution in [2.24, 2.45) is 0 Å². The average molecular weight is 311 g/mol. The number of aryl methyl sites for hydroxylation is 2. The van der Waals surface area contributed by atoms with Crippen LogP contribution < -0.4 is 10.1 Å². The molecule has 2 rings (SSSR count). The first-order chi connectivity index (χ1) is 10.7. The summed E-state index contributed by atoms with van der Waals surface area (Å²) in [6, 6.07) is 13.7. The predicted molar refractivity (Wildman–Crippen MR) is 95.1 cm³/mol. The molecule has 0 radical (unpaired) electrons. The summed E-state index contributed by atoms with van der Waals surface area (Å²) < 4.78 is 5.79. The first-order valence-electron chi connectivity index (χ1n) is 7.88. The third-order valence-electron chi connectivity index (χ3n) is 3.46. The highest BCUT2D eigenvalue weighted by atomic mass is 16.5. The van der Waals surface area contributed by atoms with Gasteiger partial charge in [0.05, 0.1) is 6.42 Å². The van der Waals surface area contributed by atoms with Gasteiger partial charge in [-0.25, -0.2) is 0 Å². The summed E-state index contributed by atoms with van der Waals surface area (Å²) in [5, 5.41) is 3.01. The molecule has 3 nitrogen and oxygen atoms in total. The number of carbonyl (C=O) groups is 1. The molecule has 0 aliphatic carbocycles. The van der Waals surface area contributed by atoms with Gasteiger partial charge in [-0.05, 0) is 63.4 Å². The van der Waals surface area contributed by atoms with Crippen LogP contribution >= 0.6 is 0 Å². The molecular weight excluding hydrogens is 286 g/mol. The molecule has 23 heavy (non-hydrogen) atoms. The van der Waals surface area contributed by atoms with Crippen molar-refractivity contribution >= 4 is 11.6 Å². The molecule has 0 aliphatic rings. The normalized spacial score (nSPS) is 11.2. The zero-order valence-electron chi connectivity index (χ0n) is 14.6. The van der Waals surface area contributed by atoms with E-state index in [9.17, 15) is 4.79 Å². The van der Waals surface area contributed by atoms with Crippen molar-refractivity contribution in [1.82, 2.24) is 0 Å². The van der Waals surface area contributed by atoms with Crippen LogP contribution in [0.2, 0.25) is 0 Å². The van der Waals surface area contributed by atoms with Gasteiger partial charge >= 0.3 is 0 Å². The molecule has 0 aliphatic heterocycles. The number of rotatable bonds is 4. The smallest absolute Gasteiger partial charge is 0.228 e. The fourth-order valence-electron chi connectivity index (χ4n) is 2.41. The zero-order chi connectivity index (χ0) is 17.0. The number of para-hydroxylation sites is 1. The highest BCUT2D eigenvalue weighted by Gasteiger charge is 2.12. The second-order valence-corrected chi connectivity index (χ2v) is 6.85.